The Morgan fingerprint density at radius 2 is 1.84 bits per heavy atom. The van der Waals surface area contributed by atoms with Crippen LogP contribution in [0.1, 0.15) is 31.5 Å². The zero-order chi connectivity index (χ0) is 21.8. The number of aryl methyl sites for hydroxylation is 1. The first-order chi connectivity index (χ1) is 15.1. The average molecular weight is 424 g/mol. The van der Waals surface area contributed by atoms with Crippen LogP contribution in [0.3, 0.4) is 0 Å². The summed E-state index contributed by atoms with van der Waals surface area (Å²) in [5.41, 5.74) is 3.43. The molecule has 7 heteroatoms. The summed E-state index contributed by atoms with van der Waals surface area (Å²) < 4.78 is 5.24. The van der Waals surface area contributed by atoms with E-state index in [9.17, 15) is 4.79 Å². The molecule has 2 heterocycles. The fraction of sp³-hybridized carbons (Fsp3) is 0.542. The van der Waals surface area contributed by atoms with Crippen LogP contribution in [0.5, 0.6) is 5.75 Å². The molecule has 166 valence electrons. The first kappa shape index (κ1) is 21.4. The minimum Gasteiger partial charge on any atom is -0.497 e. The van der Waals surface area contributed by atoms with Crippen molar-refractivity contribution < 1.29 is 9.53 Å². The van der Waals surface area contributed by atoms with Gasteiger partial charge in [-0.3, -0.25) is 4.79 Å². The molecule has 7 nitrogen and oxygen atoms in total. The van der Waals surface area contributed by atoms with Crippen LogP contribution < -0.4 is 14.5 Å². The number of nitrogens with zero attached hydrogens (tertiary/aromatic N) is 5. The average Bonchev–Trinajstić information content (AvgIpc) is 2.84. The Hall–Kier alpha value is -2.83. The van der Waals surface area contributed by atoms with Gasteiger partial charge in [0.15, 0.2) is 0 Å². The van der Waals surface area contributed by atoms with E-state index in [-0.39, 0.29) is 11.8 Å². The molecule has 31 heavy (non-hydrogen) atoms. The molecule has 0 spiro atoms. The molecule has 1 aliphatic carbocycles. The molecule has 1 amide bonds. The zero-order valence-corrected chi connectivity index (χ0v) is 18.9. The molecule has 1 aromatic carbocycles. The summed E-state index contributed by atoms with van der Waals surface area (Å²) in [5.74, 6) is 2.00. The van der Waals surface area contributed by atoms with E-state index in [0.29, 0.717) is 0 Å². The minimum atomic E-state index is 0.0444. The normalized spacial score (nSPS) is 18.5. The molecule has 0 N–H and O–H groups in total. The van der Waals surface area contributed by atoms with Gasteiger partial charge in [-0.1, -0.05) is 0 Å². The van der Waals surface area contributed by atoms with Crippen molar-refractivity contribution in [1.29, 1.82) is 0 Å². The molecule has 2 aliphatic rings. The molecule has 1 unspecified atom stereocenters. The predicted molar refractivity (Wildman–Crippen MR) is 123 cm³/mol. The fourth-order valence-corrected chi connectivity index (χ4v) is 4.60. The number of carbonyl (C=O) groups excluding carboxylic acids is 1. The maximum absolute atomic E-state index is 13.2. The van der Waals surface area contributed by atoms with Gasteiger partial charge in [-0.05, 0) is 62.9 Å². The Balaban J connectivity index is 1.34. The second kappa shape index (κ2) is 9.54. The fourth-order valence-electron chi connectivity index (χ4n) is 4.60. The highest BCUT2D eigenvalue weighted by molar-refractivity contribution is 5.80. The summed E-state index contributed by atoms with van der Waals surface area (Å²) in [7, 11) is 1.68. The standard InChI is InChI=1S/C24H33N5O2/c1-4-27(5-2)24-25-17-19-16-18(6-11-22(19)26-24)23(30)29-14-12-28(13-15-29)20-7-9-21(31-3)10-8-20/h7-10,17-18H,4-6,11-16H2,1-3H3. The number of anilines is 2. The number of hydrogen-bond acceptors (Lipinski definition) is 6. The number of carbonyl (C=O) groups is 1. The Kier molecular flexibility index (Phi) is 6.59. The first-order valence-electron chi connectivity index (χ1n) is 11.4. The van der Waals surface area contributed by atoms with Crippen molar-refractivity contribution >= 4 is 17.5 Å². The van der Waals surface area contributed by atoms with Crippen LogP contribution in [-0.4, -0.2) is 67.2 Å². The van der Waals surface area contributed by atoms with Crippen molar-refractivity contribution in [2.24, 2.45) is 5.92 Å². The molecule has 0 saturated carbocycles. The van der Waals surface area contributed by atoms with Gasteiger partial charge in [0.25, 0.3) is 0 Å². The van der Waals surface area contributed by atoms with Crippen LogP contribution in [0.15, 0.2) is 30.5 Å². The number of ether oxygens (including phenoxy) is 1. The number of hydrogen-bond donors (Lipinski definition) is 0. The number of piperazine rings is 1. The monoisotopic (exact) mass is 423 g/mol. The summed E-state index contributed by atoms with van der Waals surface area (Å²) in [6, 6.07) is 8.14. The molecular formula is C24H33N5O2. The van der Waals surface area contributed by atoms with E-state index >= 15 is 0 Å². The SMILES string of the molecule is CCN(CC)c1ncc2c(n1)CCC(C(=O)N1CCN(c3ccc(OC)cc3)CC1)C2. The first-order valence-corrected chi connectivity index (χ1v) is 11.4. The van der Waals surface area contributed by atoms with Crippen molar-refractivity contribution in [3.05, 3.63) is 41.7 Å². The summed E-state index contributed by atoms with van der Waals surface area (Å²) >= 11 is 0. The Labute approximate surface area is 185 Å². The number of fused-ring (bicyclic) bond motifs is 1. The zero-order valence-electron chi connectivity index (χ0n) is 18.9. The summed E-state index contributed by atoms with van der Waals surface area (Å²) in [6.07, 6.45) is 4.43. The third-order valence-corrected chi connectivity index (χ3v) is 6.56. The van der Waals surface area contributed by atoms with Gasteiger partial charge in [-0.2, -0.15) is 0 Å². The highest BCUT2D eigenvalue weighted by Gasteiger charge is 2.31. The van der Waals surface area contributed by atoms with Crippen molar-refractivity contribution in [2.45, 2.75) is 33.1 Å². The highest BCUT2D eigenvalue weighted by Crippen LogP contribution is 2.28. The summed E-state index contributed by atoms with van der Waals surface area (Å²) in [4.78, 5) is 29.1. The highest BCUT2D eigenvalue weighted by atomic mass is 16.5. The topological polar surface area (TPSA) is 61.8 Å². The quantitative estimate of drug-likeness (QED) is 0.712. The molecular weight excluding hydrogens is 390 g/mol. The van der Waals surface area contributed by atoms with Crippen LogP contribution in [0.25, 0.3) is 0 Å². The second-order valence-corrected chi connectivity index (χ2v) is 8.26. The van der Waals surface area contributed by atoms with Crippen molar-refractivity contribution in [2.75, 3.05) is 56.2 Å². The van der Waals surface area contributed by atoms with E-state index in [4.69, 9.17) is 9.72 Å². The third kappa shape index (κ3) is 4.60. The van der Waals surface area contributed by atoms with Gasteiger partial charge in [-0.15, -0.1) is 0 Å². The van der Waals surface area contributed by atoms with Gasteiger partial charge in [0.1, 0.15) is 5.75 Å². The van der Waals surface area contributed by atoms with E-state index < -0.39 is 0 Å². The van der Waals surface area contributed by atoms with Crippen molar-refractivity contribution in [1.82, 2.24) is 14.9 Å². The van der Waals surface area contributed by atoms with Gasteiger partial charge in [0.05, 0.1) is 7.11 Å². The van der Waals surface area contributed by atoms with Crippen LogP contribution in [0.4, 0.5) is 11.6 Å². The van der Waals surface area contributed by atoms with Crippen molar-refractivity contribution in [3.8, 4) is 5.75 Å². The second-order valence-electron chi connectivity index (χ2n) is 8.26. The van der Waals surface area contributed by atoms with Crippen LogP contribution in [0, 0.1) is 5.92 Å². The Bertz CT molecular complexity index is 889. The van der Waals surface area contributed by atoms with E-state index in [2.05, 4.69) is 40.8 Å². The van der Waals surface area contributed by atoms with E-state index in [1.807, 2.05) is 23.2 Å². The lowest BCUT2D eigenvalue weighted by molar-refractivity contribution is -0.136. The van der Waals surface area contributed by atoms with Crippen molar-refractivity contribution in [3.63, 3.8) is 0 Å². The van der Waals surface area contributed by atoms with Crippen LogP contribution >= 0.6 is 0 Å². The smallest absolute Gasteiger partial charge is 0.226 e. The van der Waals surface area contributed by atoms with E-state index in [1.165, 1.54) is 5.69 Å². The molecule has 1 fully saturated rings. The molecule has 1 atom stereocenters. The largest absolute Gasteiger partial charge is 0.497 e. The maximum atomic E-state index is 13.2. The van der Waals surface area contributed by atoms with E-state index in [1.54, 1.807) is 7.11 Å². The Morgan fingerprint density at radius 1 is 1.13 bits per heavy atom. The molecule has 2 aromatic rings. The van der Waals surface area contributed by atoms with Gasteiger partial charge in [0, 0.05) is 62.8 Å². The van der Waals surface area contributed by atoms with Gasteiger partial charge in [-0.25, -0.2) is 9.97 Å². The number of benzene rings is 1. The predicted octanol–water partition coefficient (Wildman–Crippen LogP) is 2.79. The Morgan fingerprint density at radius 3 is 2.48 bits per heavy atom. The van der Waals surface area contributed by atoms with Crippen LogP contribution in [-0.2, 0) is 17.6 Å². The molecule has 1 aromatic heterocycles. The minimum absolute atomic E-state index is 0.0444. The molecule has 1 saturated heterocycles. The number of amides is 1. The van der Waals surface area contributed by atoms with Gasteiger partial charge >= 0.3 is 0 Å². The number of aromatic nitrogens is 2. The van der Waals surface area contributed by atoms with Gasteiger partial charge < -0.3 is 19.4 Å². The summed E-state index contributed by atoms with van der Waals surface area (Å²) in [6.45, 7) is 9.30. The third-order valence-electron chi connectivity index (χ3n) is 6.56. The molecule has 0 radical (unpaired) electrons. The number of rotatable bonds is 6. The lowest BCUT2D eigenvalue weighted by atomic mass is 9.86. The van der Waals surface area contributed by atoms with Crippen LogP contribution in [0.2, 0.25) is 0 Å². The maximum Gasteiger partial charge on any atom is 0.226 e. The van der Waals surface area contributed by atoms with Gasteiger partial charge in [0.2, 0.25) is 11.9 Å². The lowest BCUT2D eigenvalue weighted by Crippen LogP contribution is -2.51. The summed E-state index contributed by atoms with van der Waals surface area (Å²) in [5, 5.41) is 0. The lowest BCUT2D eigenvalue weighted by Gasteiger charge is -2.38. The molecule has 1 aliphatic heterocycles. The molecule has 0 bridgehead atoms. The van der Waals surface area contributed by atoms with E-state index in [0.717, 1.165) is 81.5 Å². The number of methoxy groups -OCH3 is 1. The molecule has 4 rings (SSSR count).